The molecule has 1 heterocycles. The third-order valence-electron chi connectivity index (χ3n) is 4.01. The van der Waals surface area contributed by atoms with Crippen LogP contribution in [0.5, 0.6) is 0 Å². The highest BCUT2D eigenvalue weighted by Gasteiger charge is 2.59. The van der Waals surface area contributed by atoms with Crippen LogP contribution in [-0.2, 0) is 9.59 Å². The summed E-state index contributed by atoms with van der Waals surface area (Å²) in [6.07, 6.45) is 0. The number of aliphatic hydroxyl groups is 1. The molecule has 1 aliphatic heterocycles. The van der Waals surface area contributed by atoms with Gasteiger partial charge in [0.05, 0.1) is 5.57 Å². The van der Waals surface area contributed by atoms with E-state index < -0.39 is 52.3 Å². The van der Waals surface area contributed by atoms with Crippen molar-refractivity contribution in [3.05, 3.63) is 21.4 Å². The second-order valence-corrected chi connectivity index (χ2v) is 5.25. The Hall–Kier alpha value is -2.45. The van der Waals surface area contributed by atoms with E-state index in [1.807, 2.05) is 0 Å². The van der Waals surface area contributed by atoms with Gasteiger partial charge in [-0.1, -0.05) is 0 Å². The summed E-state index contributed by atoms with van der Waals surface area (Å²) in [7, 11) is 1.30. The van der Waals surface area contributed by atoms with Gasteiger partial charge in [-0.3, -0.25) is 19.7 Å². The van der Waals surface area contributed by atoms with Crippen molar-refractivity contribution in [3.8, 4) is 0 Å². The molecule has 9 heteroatoms. The van der Waals surface area contributed by atoms with Crippen LogP contribution in [0.2, 0.25) is 0 Å². The zero-order valence-electron chi connectivity index (χ0n) is 11.7. The van der Waals surface area contributed by atoms with Crippen LogP contribution in [0.1, 0.15) is 13.8 Å². The molecule has 0 aromatic rings. The van der Waals surface area contributed by atoms with Crippen molar-refractivity contribution in [3.63, 3.8) is 0 Å². The van der Waals surface area contributed by atoms with Crippen LogP contribution in [0.25, 0.3) is 0 Å². The van der Waals surface area contributed by atoms with E-state index in [1.165, 1.54) is 7.05 Å². The highest BCUT2D eigenvalue weighted by Crippen LogP contribution is 2.37. The summed E-state index contributed by atoms with van der Waals surface area (Å²) in [5, 5.41) is 23.9. The fraction of sp³-hybridized carbons (Fsp3) is 0.583. The van der Waals surface area contributed by atoms with E-state index in [0.29, 0.717) is 0 Å². The van der Waals surface area contributed by atoms with Gasteiger partial charge in [0.15, 0.2) is 5.78 Å². The van der Waals surface area contributed by atoms with E-state index in [9.17, 15) is 29.6 Å². The molecule has 1 fully saturated rings. The number of hydrogen-bond acceptors (Lipinski definition) is 6. The van der Waals surface area contributed by atoms with Crippen LogP contribution in [0, 0.1) is 16.0 Å². The summed E-state index contributed by atoms with van der Waals surface area (Å²) in [5.74, 6) is -2.93. The Labute approximate surface area is 119 Å². The lowest BCUT2D eigenvalue weighted by Crippen LogP contribution is -2.71. The third-order valence-corrected chi connectivity index (χ3v) is 4.01. The number of ketones is 2. The van der Waals surface area contributed by atoms with Gasteiger partial charge in [0.1, 0.15) is 29.5 Å². The van der Waals surface area contributed by atoms with Gasteiger partial charge < -0.3 is 15.3 Å². The predicted octanol–water partition coefficient (Wildman–Crippen LogP) is -0.356. The Morgan fingerprint density at radius 2 is 1.95 bits per heavy atom. The molecular weight excluding hydrogens is 282 g/mol. The van der Waals surface area contributed by atoms with E-state index in [0.717, 1.165) is 18.7 Å². The lowest BCUT2D eigenvalue weighted by atomic mass is 9.73. The molecule has 21 heavy (non-hydrogen) atoms. The summed E-state index contributed by atoms with van der Waals surface area (Å²) < 4.78 is 0. The number of Topliss-reactive ketones (excluding diaryl/α,β-unsaturated/α-hetero) is 2. The average molecular weight is 297 g/mol. The zero-order chi connectivity index (χ0) is 16.1. The molecule has 2 aliphatic rings. The number of fused-ring (bicyclic) bond motifs is 2. The molecule has 4 atom stereocenters. The Balaban J connectivity index is 2.72. The molecule has 0 saturated carbocycles. The number of nitrogens with one attached hydrogen (secondary N) is 1. The Bertz CT molecular complexity index is 584. The maximum atomic E-state index is 11.9. The molecule has 0 unspecified atom stereocenters. The average Bonchev–Trinajstić information content (AvgIpc) is 2.33. The van der Waals surface area contributed by atoms with Crippen molar-refractivity contribution in [2.24, 2.45) is 5.92 Å². The van der Waals surface area contributed by atoms with E-state index in [2.05, 4.69) is 5.32 Å². The van der Waals surface area contributed by atoms with E-state index in [-0.39, 0.29) is 5.57 Å². The van der Waals surface area contributed by atoms with Gasteiger partial charge in [0.25, 0.3) is 6.04 Å². The zero-order valence-corrected chi connectivity index (χ0v) is 11.7. The number of nitrogens with zero attached hydrogens (tertiary/aromatic N) is 2. The molecule has 0 spiro atoms. The SMILES string of the molecule is CC(=O)C1=C(O)[C@H](C(C)=O)[C@@H]2NC(=O)N(C)[C@H]1[C@H]2[N+](=O)[O-]. The van der Waals surface area contributed by atoms with Crippen LogP contribution in [0.3, 0.4) is 0 Å². The minimum Gasteiger partial charge on any atom is -0.511 e. The molecule has 0 aromatic carbocycles. The molecular formula is C12H15N3O6. The van der Waals surface area contributed by atoms with Gasteiger partial charge in [0.2, 0.25) is 0 Å². The third kappa shape index (κ3) is 2.05. The van der Waals surface area contributed by atoms with Crippen molar-refractivity contribution in [2.75, 3.05) is 7.05 Å². The second-order valence-electron chi connectivity index (χ2n) is 5.25. The van der Waals surface area contributed by atoms with Gasteiger partial charge in [0, 0.05) is 12.0 Å². The molecule has 9 nitrogen and oxygen atoms in total. The number of carbonyl (C=O) groups is 3. The largest absolute Gasteiger partial charge is 0.511 e. The van der Waals surface area contributed by atoms with Crippen molar-refractivity contribution >= 4 is 17.6 Å². The topological polar surface area (TPSA) is 130 Å². The first-order valence-electron chi connectivity index (χ1n) is 6.29. The Morgan fingerprint density at radius 3 is 2.38 bits per heavy atom. The number of hydrogen-bond donors (Lipinski definition) is 2. The highest BCUT2D eigenvalue weighted by atomic mass is 16.6. The Morgan fingerprint density at radius 1 is 1.38 bits per heavy atom. The maximum absolute atomic E-state index is 11.9. The van der Waals surface area contributed by atoms with Crippen molar-refractivity contribution in [1.29, 1.82) is 0 Å². The van der Waals surface area contributed by atoms with Crippen molar-refractivity contribution in [1.82, 2.24) is 10.2 Å². The summed E-state index contributed by atoms with van der Waals surface area (Å²) in [6.45, 7) is 2.29. The van der Waals surface area contributed by atoms with Gasteiger partial charge >= 0.3 is 6.03 Å². The molecule has 2 rings (SSSR count). The fourth-order valence-electron chi connectivity index (χ4n) is 3.10. The highest BCUT2D eigenvalue weighted by molar-refractivity contribution is 5.99. The minimum absolute atomic E-state index is 0.245. The summed E-state index contributed by atoms with van der Waals surface area (Å²) >= 11 is 0. The number of aliphatic hydroxyl groups excluding tert-OH is 1. The van der Waals surface area contributed by atoms with Crippen LogP contribution in [0.4, 0.5) is 4.79 Å². The van der Waals surface area contributed by atoms with Crippen LogP contribution >= 0.6 is 0 Å². The molecule has 1 saturated heterocycles. The van der Waals surface area contributed by atoms with Crippen molar-refractivity contribution in [2.45, 2.75) is 32.0 Å². The first-order chi connectivity index (χ1) is 9.68. The van der Waals surface area contributed by atoms with Gasteiger partial charge in [-0.2, -0.15) is 0 Å². The maximum Gasteiger partial charge on any atom is 0.318 e. The first-order valence-corrected chi connectivity index (χ1v) is 6.29. The van der Waals surface area contributed by atoms with Crippen LogP contribution < -0.4 is 5.32 Å². The van der Waals surface area contributed by atoms with E-state index >= 15 is 0 Å². The van der Waals surface area contributed by atoms with Gasteiger partial charge in [-0.05, 0) is 13.8 Å². The summed E-state index contributed by atoms with van der Waals surface area (Å²) in [4.78, 5) is 47.2. The number of urea groups is 1. The number of likely N-dealkylation sites (N-methyl/N-ethyl adjacent to an activating group) is 1. The lowest BCUT2D eigenvalue weighted by Gasteiger charge is -2.45. The first kappa shape index (κ1) is 14.9. The number of nitro groups is 1. The van der Waals surface area contributed by atoms with Gasteiger partial charge in [-0.25, -0.2) is 4.79 Å². The smallest absolute Gasteiger partial charge is 0.318 e. The van der Waals surface area contributed by atoms with Crippen molar-refractivity contribution < 1.29 is 24.4 Å². The lowest BCUT2D eigenvalue weighted by molar-refractivity contribution is -0.535. The van der Waals surface area contributed by atoms with E-state index in [1.54, 1.807) is 0 Å². The standard InChI is InChI=1S/C12H15N3O6/c1-4(16)6-8-10(15(20)21)9(14(3)12(19)13-8)7(5(2)17)11(6)18/h6,8-10,18H,1-3H3,(H,13,19)/t6-,8+,9-,10+/m1/s1. The number of amides is 2. The molecule has 114 valence electrons. The van der Waals surface area contributed by atoms with Crippen LogP contribution in [0.15, 0.2) is 11.3 Å². The molecule has 2 amide bonds. The minimum atomic E-state index is -1.38. The predicted molar refractivity (Wildman–Crippen MR) is 69.2 cm³/mol. The fourth-order valence-corrected chi connectivity index (χ4v) is 3.10. The normalized spacial score (nSPS) is 31.8. The number of carbonyl (C=O) groups excluding carboxylic acids is 3. The quantitative estimate of drug-likeness (QED) is 0.540. The van der Waals surface area contributed by atoms with Crippen LogP contribution in [-0.4, -0.2) is 57.7 Å². The second kappa shape index (κ2) is 4.83. The molecule has 1 aliphatic carbocycles. The molecule has 0 radical (unpaired) electrons. The summed E-state index contributed by atoms with van der Waals surface area (Å²) in [6, 6.07) is -4.36. The molecule has 2 bridgehead atoms. The monoisotopic (exact) mass is 297 g/mol. The summed E-state index contributed by atoms with van der Waals surface area (Å²) in [5.41, 5.74) is -0.245. The molecule has 0 aromatic heterocycles. The number of rotatable bonds is 3. The van der Waals surface area contributed by atoms with E-state index in [4.69, 9.17) is 0 Å². The molecule has 2 N–H and O–H groups in total. The Kier molecular flexibility index (Phi) is 3.44. The van der Waals surface area contributed by atoms with Gasteiger partial charge in [-0.15, -0.1) is 0 Å².